The maximum Gasteiger partial charge on any atom is 0.312 e. The maximum atomic E-state index is 10.9. The molecule has 0 bridgehead atoms. The van der Waals surface area contributed by atoms with E-state index < -0.39 is 10.1 Å². The molecule has 0 aliphatic rings. The quantitative estimate of drug-likeness (QED) is 0.735. The first-order chi connectivity index (χ1) is 5.93. The average Bonchev–Trinajstić information content (AvgIpc) is 2.03. The summed E-state index contributed by atoms with van der Waals surface area (Å²) >= 11 is 0. The summed E-state index contributed by atoms with van der Waals surface area (Å²) in [6.45, 7) is 3.68. The molecule has 72 valence electrons. The van der Waals surface area contributed by atoms with Gasteiger partial charge in [0, 0.05) is 6.20 Å². The standard InChI is InChI=1S/C8H11NO3S/c1-6(2)7-4-3-5-9-8(7)13(10,11)12/h3-6H,1-2H3,(H,10,11,12). The summed E-state index contributed by atoms with van der Waals surface area (Å²) in [4.78, 5) is 3.63. The van der Waals surface area contributed by atoms with Crippen molar-refractivity contribution in [3.05, 3.63) is 23.9 Å². The Morgan fingerprint density at radius 2 is 2.08 bits per heavy atom. The van der Waals surface area contributed by atoms with Crippen molar-refractivity contribution in [1.29, 1.82) is 0 Å². The molecule has 1 heterocycles. The third-order valence-electron chi connectivity index (χ3n) is 1.67. The van der Waals surface area contributed by atoms with Gasteiger partial charge in [-0.15, -0.1) is 0 Å². The van der Waals surface area contributed by atoms with Crippen molar-refractivity contribution in [3.63, 3.8) is 0 Å². The van der Waals surface area contributed by atoms with E-state index in [0.29, 0.717) is 5.56 Å². The molecule has 1 aromatic heterocycles. The molecule has 0 amide bonds. The topological polar surface area (TPSA) is 67.3 Å². The smallest absolute Gasteiger partial charge is 0.281 e. The lowest BCUT2D eigenvalue weighted by Crippen LogP contribution is -2.06. The highest BCUT2D eigenvalue weighted by atomic mass is 32.2. The van der Waals surface area contributed by atoms with Crippen LogP contribution in [-0.2, 0) is 10.1 Å². The van der Waals surface area contributed by atoms with Gasteiger partial charge >= 0.3 is 10.1 Å². The molecule has 1 N–H and O–H groups in total. The van der Waals surface area contributed by atoms with Crippen LogP contribution in [0.5, 0.6) is 0 Å². The van der Waals surface area contributed by atoms with Gasteiger partial charge in [-0.1, -0.05) is 19.9 Å². The van der Waals surface area contributed by atoms with Crippen molar-refractivity contribution >= 4 is 10.1 Å². The number of aromatic nitrogens is 1. The SMILES string of the molecule is CC(C)c1cccnc1S(=O)(=O)O. The highest BCUT2D eigenvalue weighted by Crippen LogP contribution is 2.20. The van der Waals surface area contributed by atoms with Crippen LogP contribution in [0.4, 0.5) is 0 Å². The van der Waals surface area contributed by atoms with Gasteiger partial charge in [0.2, 0.25) is 0 Å². The van der Waals surface area contributed by atoms with Crippen molar-refractivity contribution in [1.82, 2.24) is 4.98 Å². The lowest BCUT2D eigenvalue weighted by atomic mass is 10.1. The first kappa shape index (κ1) is 10.1. The van der Waals surface area contributed by atoms with Crippen LogP contribution in [0.15, 0.2) is 23.4 Å². The van der Waals surface area contributed by atoms with E-state index in [2.05, 4.69) is 4.98 Å². The molecule has 0 fully saturated rings. The van der Waals surface area contributed by atoms with E-state index >= 15 is 0 Å². The van der Waals surface area contributed by atoms with Gasteiger partial charge in [0.1, 0.15) is 0 Å². The Morgan fingerprint density at radius 3 is 2.46 bits per heavy atom. The van der Waals surface area contributed by atoms with Crippen molar-refractivity contribution in [2.45, 2.75) is 24.8 Å². The minimum atomic E-state index is -4.19. The van der Waals surface area contributed by atoms with Crippen LogP contribution >= 0.6 is 0 Å². The van der Waals surface area contributed by atoms with E-state index in [-0.39, 0.29) is 10.9 Å². The van der Waals surface area contributed by atoms with Crippen molar-refractivity contribution in [2.75, 3.05) is 0 Å². The zero-order chi connectivity index (χ0) is 10.1. The summed E-state index contributed by atoms with van der Waals surface area (Å²) in [5.41, 5.74) is 0.532. The lowest BCUT2D eigenvalue weighted by molar-refractivity contribution is 0.477. The summed E-state index contributed by atoms with van der Waals surface area (Å²) in [6.07, 6.45) is 1.34. The zero-order valence-corrected chi connectivity index (χ0v) is 8.25. The lowest BCUT2D eigenvalue weighted by Gasteiger charge is -2.07. The van der Waals surface area contributed by atoms with Gasteiger partial charge in [-0.3, -0.25) is 4.55 Å². The van der Waals surface area contributed by atoms with Gasteiger partial charge in [0.25, 0.3) is 0 Å². The Morgan fingerprint density at radius 1 is 1.46 bits per heavy atom. The fraction of sp³-hybridized carbons (Fsp3) is 0.375. The van der Waals surface area contributed by atoms with Crippen LogP contribution in [0, 0.1) is 0 Å². The van der Waals surface area contributed by atoms with Gasteiger partial charge in [-0.2, -0.15) is 8.42 Å². The number of nitrogens with zero attached hydrogens (tertiary/aromatic N) is 1. The van der Waals surface area contributed by atoms with E-state index in [4.69, 9.17) is 4.55 Å². The normalized spacial score (nSPS) is 12.0. The van der Waals surface area contributed by atoms with E-state index in [9.17, 15) is 8.42 Å². The molecule has 0 aromatic carbocycles. The Labute approximate surface area is 77.4 Å². The van der Waals surface area contributed by atoms with Crippen LogP contribution in [0.25, 0.3) is 0 Å². The molecule has 1 aromatic rings. The Bertz CT molecular complexity index is 398. The Hall–Kier alpha value is -0.940. The summed E-state index contributed by atoms with van der Waals surface area (Å²) in [5, 5.41) is -0.245. The molecule has 0 saturated heterocycles. The fourth-order valence-electron chi connectivity index (χ4n) is 1.06. The van der Waals surface area contributed by atoms with Crippen LogP contribution in [0.2, 0.25) is 0 Å². The van der Waals surface area contributed by atoms with E-state index in [1.807, 2.05) is 13.8 Å². The van der Waals surface area contributed by atoms with Crippen molar-refractivity contribution < 1.29 is 13.0 Å². The molecule has 0 saturated carbocycles. The molecule has 5 heteroatoms. The van der Waals surface area contributed by atoms with E-state index in [1.54, 1.807) is 12.1 Å². The molecule has 0 radical (unpaired) electrons. The molecule has 1 rings (SSSR count). The second kappa shape index (κ2) is 3.43. The average molecular weight is 201 g/mol. The highest BCUT2D eigenvalue weighted by molar-refractivity contribution is 7.85. The Balaban J connectivity index is 3.37. The first-order valence-corrected chi connectivity index (χ1v) is 5.29. The van der Waals surface area contributed by atoms with Gasteiger partial charge < -0.3 is 0 Å². The summed E-state index contributed by atoms with van der Waals surface area (Å²) in [6, 6.07) is 3.28. The molecule has 0 spiro atoms. The fourth-order valence-corrected chi connectivity index (χ4v) is 1.85. The second-order valence-electron chi connectivity index (χ2n) is 3.03. The first-order valence-electron chi connectivity index (χ1n) is 3.85. The molecule has 0 atom stereocenters. The zero-order valence-electron chi connectivity index (χ0n) is 7.43. The molecule has 0 unspecified atom stereocenters. The highest BCUT2D eigenvalue weighted by Gasteiger charge is 2.17. The third-order valence-corrected chi connectivity index (χ3v) is 2.50. The van der Waals surface area contributed by atoms with Crippen LogP contribution < -0.4 is 0 Å². The number of hydrogen-bond donors (Lipinski definition) is 1. The molecular weight excluding hydrogens is 190 g/mol. The maximum absolute atomic E-state index is 10.9. The second-order valence-corrected chi connectivity index (χ2v) is 4.36. The van der Waals surface area contributed by atoms with Crippen LogP contribution in [0.1, 0.15) is 25.3 Å². The number of hydrogen-bond acceptors (Lipinski definition) is 3. The van der Waals surface area contributed by atoms with Gasteiger partial charge in [-0.05, 0) is 17.5 Å². The number of rotatable bonds is 2. The Kier molecular flexibility index (Phi) is 2.68. The van der Waals surface area contributed by atoms with Gasteiger partial charge in [0.15, 0.2) is 5.03 Å². The van der Waals surface area contributed by atoms with E-state index in [0.717, 1.165) is 0 Å². The van der Waals surface area contributed by atoms with Gasteiger partial charge in [-0.25, -0.2) is 4.98 Å². The molecule has 0 aliphatic heterocycles. The monoisotopic (exact) mass is 201 g/mol. The third kappa shape index (κ3) is 2.26. The van der Waals surface area contributed by atoms with Crippen LogP contribution in [-0.4, -0.2) is 18.0 Å². The molecule has 13 heavy (non-hydrogen) atoms. The summed E-state index contributed by atoms with van der Waals surface area (Å²) in [7, 11) is -4.19. The molecule has 0 aliphatic carbocycles. The van der Waals surface area contributed by atoms with E-state index in [1.165, 1.54) is 6.20 Å². The predicted octanol–water partition coefficient (Wildman–Crippen LogP) is 1.45. The summed E-state index contributed by atoms with van der Waals surface area (Å²) in [5.74, 6) is 0.0191. The van der Waals surface area contributed by atoms with Gasteiger partial charge in [0.05, 0.1) is 0 Å². The van der Waals surface area contributed by atoms with Crippen LogP contribution in [0.3, 0.4) is 0 Å². The van der Waals surface area contributed by atoms with Crippen molar-refractivity contribution in [3.8, 4) is 0 Å². The van der Waals surface area contributed by atoms with Crippen molar-refractivity contribution in [2.24, 2.45) is 0 Å². The minimum Gasteiger partial charge on any atom is -0.281 e. The molecule has 4 nitrogen and oxygen atoms in total. The summed E-state index contributed by atoms with van der Waals surface area (Å²) < 4.78 is 30.5. The predicted molar refractivity (Wildman–Crippen MR) is 48.1 cm³/mol. The molecular formula is C8H11NO3S. The largest absolute Gasteiger partial charge is 0.312 e. The number of pyridine rings is 1. The minimum absolute atomic E-state index is 0.0191.